The first-order valence-corrected chi connectivity index (χ1v) is 15.3. The Morgan fingerprint density at radius 1 is 1.02 bits per heavy atom. The highest BCUT2D eigenvalue weighted by atomic mass is 16.5. The molecule has 2 aromatic heterocycles. The number of aliphatic hydroxyl groups is 1. The van der Waals surface area contributed by atoms with Crippen LogP contribution in [0, 0.1) is 0 Å². The van der Waals surface area contributed by atoms with Gasteiger partial charge in [-0.15, -0.1) is 0 Å². The molecule has 11 nitrogen and oxygen atoms in total. The number of anilines is 2. The van der Waals surface area contributed by atoms with Crippen LogP contribution in [0.25, 0.3) is 11.4 Å². The molecule has 0 radical (unpaired) electrons. The number of carbonyl (C=O) groups excluding carboxylic acids is 1. The highest BCUT2D eigenvalue weighted by Gasteiger charge is 2.23. The smallest absolute Gasteiger partial charge is 0.303 e. The lowest BCUT2D eigenvalue weighted by atomic mass is 10.1. The highest BCUT2D eigenvalue weighted by Crippen LogP contribution is 2.33. The molecule has 2 aliphatic heterocycles. The molecule has 43 heavy (non-hydrogen) atoms. The van der Waals surface area contributed by atoms with E-state index >= 15 is 0 Å². The summed E-state index contributed by atoms with van der Waals surface area (Å²) in [5.74, 6) is -0.389. The van der Waals surface area contributed by atoms with E-state index in [9.17, 15) is 14.7 Å². The van der Waals surface area contributed by atoms with Crippen molar-refractivity contribution in [3.05, 3.63) is 54.4 Å². The van der Waals surface area contributed by atoms with Crippen molar-refractivity contribution in [2.24, 2.45) is 0 Å². The predicted molar refractivity (Wildman–Crippen MR) is 162 cm³/mol. The van der Waals surface area contributed by atoms with Crippen molar-refractivity contribution in [3.8, 4) is 17.1 Å². The van der Waals surface area contributed by atoms with Gasteiger partial charge in [0.1, 0.15) is 11.4 Å². The van der Waals surface area contributed by atoms with Crippen LogP contribution in [-0.4, -0.2) is 69.3 Å². The van der Waals surface area contributed by atoms with Crippen LogP contribution >= 0.6 is 0 Å². The third-order valence-electron chi connectivity index (χ3n) is 7.92. The molecule has 0 saturated carbocycles. The molecule has 4 heterocycles. The molecule has 2 fully saturated rings. The molecular formula is C32H41N5O6. The summed E-state index contributed by atoms with van der Waals surface area (Å²) < 4.78 is 13.8. The second-order valence-corrected chi connectivity index (χ2v) is 11.1. The number of carboxylic acids is 1. The van der Waals surface area contributed by atoms with Crippen LogP contribution in [0.1, 0.15) is 80.9 Å². The summed E-state index contributed by atoms with van der Waals surface area (Å²) >= 11 is 0. The Morgan fingerprint density at radius 3 is 2.65 bits per heavy atom. The van der Waals surface area contributed by atoms with Crippen LogP contribution in [0.5, 0.6) is 5.75 Å². The van der Waals surface area contributed by atoms with Crippen LogP contribution in [0.4, 0.5) is 11.4 Å². The molecule has 5 rings (SSSR count). The number of amides is 1. The SMILES string of the molecule is O=C(O)CCCCCCOc1ccc(NC(=O)c2cccc(-c3ccnn3C3CCCCO3)n2)c(N2CCC(O)CC2)c1. The van der Waals surface area contributed by atoms with Gasteiger partial charge >= 0.3 is 5.97 Å². The zero-order valence-corrected chi connectivity index (χ0v) is 24.5. The first-order valence-electron chi connectivity index (χ1n) is 15.3. The number of aromatic nitrogens is 3. The zero-order chi connectivity index (χ0) is 30.0. The average Bonchev–Trinajstić information content (AvgIpc) is 3.52. The van der Waals surface area contributed by atoms with Crippen molar-refractivity contribution < 1.29 is 29.3 Å². The van der Waals surface area contributed by atoms with Gasteiger partial charge in [0.15, 0.2) is 6.23 Å². The van der Waals surface area contributed by atoms with E-state index in [0.29, 0.717) is 62.7 Å². The van der Waals surface area contributed by atoms with E-state index in [-0.39, 0.29) is 30.4 Å². The molecule has 2 saturated heterocycles. The number of hydrogen-bond acceptors (Lipinski definition) is 8. The van der Waals surface area contributed by atoms with Gasteiger partial charge in [-0.3, -0.25) is 9.59 Å². The Labute approximate surface area is 251 Å². The molecule has 1 atom stereocenters. The second kappa shape index (κ2) is 15.0. The van der Waals surface area contributed by atoms with Crippen molar-refractivity contribution in [1.82, 2.24) is 14.8 Å². The van der Waals surface area contributed by atoms with Crippen LogP contribution in [0.15, 0.2) is 48.7 Å². The molecule has 3 aromatic rings. The third kappa shape index (κ3) is 8.32. The maximum Gasteiger partial charge on any atom is 0.303 e. The number of ether oxygens (including phenoxy) is 2. The highest BCUT2D eigenvalue weighted by molar-refractivity contribution is 6.05. The summed E-state index contributed by atoms with van der Waals surface area (Å²) in [5, 5.41) is 26.4. The van der Waals surface area contributed by atoms with Gasteiger partial charge in [0, 0.05) is 38.4 Å². The minimum Gasteiger partial charge on any atom is -0.494 e. The first kappa shape index (κ1) is 30.5. The largest absolute Gasteiger partial charge is 0.494 e. The number of nitrogens with one attached hydrogen (secondary N) is 1. The lowest BCUT2D eigenvalue weighted by Gasteiger charge is -2.33. The maximum absolute atomic E-state index is 13.5. The van der Waals surface area contributed by atoms with Gasteiger partial charge in [0.2, 0.25) is 0 Å². The number of carboxylic acid groups (broad SMARTS) is 1. The van der Waals surface area contributed by atoms with Gasteiger partial charge in [-0.1, -0.05) is 18.9 Å². The predicted octanol–water partition coefficient (Wildman–Crippen LogP) is 5.27. The number of carbonyl (C=O) groups is 2. The molecule has 1 aromatic carbocycles. The van der Waals surface area contributed by atoms with Crippen LogP contribution in [-0.2, 0) is 9.53 Å². The minimum atomic E-state index is -0.762. The lowest BCUT2D eigenvalue weighted by Crippen LogP contribution is -2.36. The number of hydrogen-bond donors (Lipinski definition) is 3. The Hall–Kier alpha value is -3.96. The standard InChI is InChI=1S/C32H41N5O6/c38-23-15-18-36(19-16-23)29-22-24(42-20-5-2-1-3-11-31(39)40)12-13-26(29)35-32(41)27-9-7-8-25(34-27)28-14-17-33-37(28)30-10-4-6-21-43-30/h7-9,12-14,17,22-23,30,38H,1-6,10-11,15-16,18-21H2,(H,35,41)(H,39,40). The molecule has 1 unspecified atom stereocenters. The van der Waals surface area contributed by atoms with Gasteiger partial charge in [0.25, 0.3) is 5.91 Å². The van der Waals surface area contributed by atoms with Gasteiger partial charge in [-0.2, -0.15) is 5.10 Å². The number of pyridine rings is 1. The van der Waals surface area contributed by atoms with Gasteiger partial charge in [-0.05, 0) is 75.3 Å². The molecule has 230 valence electrons. The number of aliphatic hydroxyl groups excluding tert-OH is 1. The molecule has 2 aliphatic rings. The Kier molecular flexibility index (Phi) is 10.6. The normalized spacial score (nSPS) is 17.5. The van der Waals surface area contributed by atoms with Crippen molar-refractivity contribution in [2.45, 2.75) is 76.5 Å². The van der Waals surface area contributed by atoms with E-state index in [0.717, 1.165) is 49.9 Å². The molecule has 11 heteroatoms. The zero-order valence-electron chi connectivity index (χ0n) is 24.5. The lowest BCUT2D eigenvalue weighted by molar-refractivity contribution is -0.137. The number of benzene rings is 1. The molecule has 3 N–H and O–H groups in total. The fraction of sp³-hybridized carbons (Fsp3) is 0.500. The van der Waals surface area contributed by atoms with E-state index in [1.54, 1.807) is 12.3 Å². The summed E-state index contributed by atoms with van der Waals surface area (Å²) in [5.41, 5.74) is 3.23. The number of nitrogens with zero attached hydrogens (tertiary/aromatic N) is 4. The summed E-state index contributed by atoms with van der Waals surface area (Å²) in [6.07, 6.45) is 9.03. The summed E-state index contributed by atoms with van der Waals surface area (Å²) in [6, 6.07) is 12.9. The molecule has 0 bridgehead atoms. The summed E-state index contributed by atoms with van der Waals surface area (Å²) in [6.45, 7) is 2.56. The Balaban J connectivity index is 1.28. The van der Waals surface area contributed by atoms with Crippen molar-refractivity contribution in [3.63, 3.8) is 0 Å². The molecule has 0 spiro atoms. The molecule has 0 aliphatic carbocycles. The number of unbranched alkanes of at least 4 members (excludes halogenated alkanes) is 3. The van der Waals surface area contributed by atoms with E-state index in [4.69, 9.17) is 14.6 Å². The van der Waals surface area contributed by atoms with Crippen molar-refractivity contribution in [2.75, 3.05) is 36.5 Å². The van der Waals surface area contributed by atoms with Gasteiger partial charge < -0.3 is 29.9 Å². The van der Waals surface area contributed by atoms with E-state index in [2.05, 4.69) is 20.3 Å². The maximum atomic E-state index is 13.5. The van der Waals surface area contributed by atoms with E-state index in [1.807, 2.05) is 41.1 Å². The fourth-order valence-electron chi connectivity index (χ4n) is 5.55. The quantitative estimate of drug-likeness (QED) is 0.227. The van der Waals surface area contributed by atoms with Crippen LogP contribution in [0.3, 0.4) is 0 Å². The average molecular weight is 592 g/mol. The second-order valence-electron chi connectivity index (χ2n) is 11.1. The first-order chi connectivity index (χ1) is 21.0. The summed E-state index contributed by atoms with van der Waals surface area (Å²) in [4.78, 5) is 31.0. The Bertz CT molecular complexity index is 1360. The minimum absolute atomic E-state index is 0.138. The number of aliphatic carboxylic acids is 1. The fourth-order valence-corrected chi connectivity index (χ4v) is 5.55. The topological polar surface area (TPSA) is 139 Å². The Morgan fingerprint density at radius 2 is 1.86 bits per heavy atom. The van der Waals surface area contributed by atoms with Crippen LogP contribution < -0.4 is 15.0 Å². The van der Waals surface area contributed by atoms with Gasteiger partial charge in [-0.25, -0.2) is 9.67 Å². The van der Waals surface area contributed by atoms with E-state index < -0.39 is 5.97 Å². The van der Waals surface area contributed by atoms with Crippen molar-refractivity contribution >= 4 is 23.3 Å². The van der Waals surface area contributed by atoms with E-state index in [1.165, 1.54) is 0 Å². The summed E-state index contributed by atoms with van der Waals surface area (Å²) in [7, 11) is 0. The third-order valence-corrected chi connectivity index (χ3v) is 7.92. The molecule has 1 amide bonds. The van der Waals surface area contributed by atoms with Gasteiger partial charge in [0.05, 0.1) is 35.5 Å². The van der Waals surface area contributed by atoms with Crippen LogP contribution in [0.2, 0.25) is 0 Å². The van der Waals surface area contributed by atoms with Crippen molar-refractivity contribution in [1.29, 1.82) is 0 Å². The number of rotatable bonds is 13. The molecular weight excluding hydrogens is 550 g/mol. The number of piperidine rings is 1. The monoisotopic (exact) mass is 591 g/mol.